The number of pyridine rings is 1. The maximum atomic E-state index is 10.4. The molecule has 0 atom stereocenters. The van der Waals surface area contributed by atoms with Crippen LogP contribution in [0.1, 0.15) is 10.5 Å². The number of carbonyl (C=O) groups excluding carboxylic acids is 1. The number of primary amides is 1. The Morgan fingerprint density at radius 2 is 2.20 bits per heavy atom. The predicted octanol–water partition coefficient (Wildman–Crippen LogP) is 0.602. The average Bonchev–Trinajstić information content (AvgIpc) is 1.90. The Morgan fingerprint density at radius 1 is 1.50 bits per heavy atom. The van der Waals surface area contributed by atoms with E-state index >= 15 is 0 Å². The van der Waals surface area contributed by atoms with E-state index in [0.717, 1.165) is 0 Å². The molecule has 0 aliphatic heterocycles. The Kier molecular flexibility index (Phi) is 3.43. The summed E-state index contributed by atoms with van der Waals surface area (Å²) in [5.41, 5.74) is 5.22. The highest BCUT2D eigenvalue weighted by molar-refractivity contribution is 5.90. The number of rotatable bonds is 1. The summed E-state index contributed by atoms with van der Waals surface area (Å²) in [6.07, 6.45) is 1.53. The van der Waals surface area contributed by atoms with Crippen molar-refractivity contribution in [3.63, 3.8) is 0 Å². The van der Waals surface area contributed by atoms with Crippen LogP contribution in [0.15, 0.2) is 24.4 Å². The van der Waals surface area contributed by atoms with E-state index < -0.39 is 5.91 Å². The zero-order chi connectivity index (χ0) is 6.69. The highest BCUT2D eigenvalue weighted by Gasteiger charge is 1.95. The molecule has 0 radical (unpaired) electrons. The molecular formula is C6H7ClN2O. The zero-order valence-corrected chi connectivity index (χ0v) is 5.97. The molecule has 1 aromatic heterocycles. The molecule has 3 nitrogen and oxygen atoms in total. The lowest BCUT2D eigenvalue weighted by atomic mass is 10.3. The van der Waals surface area contributed by atoms with Gasteiger partial charge in [0.2, 0.25) is 0 Å². The second-order valence-corrected chi connectivity index (χ2v) is 1.58. The Hall–Kier alpha value is -1.09. The minimum atomic E-state index is -0.490. The lowest BCUT2D eigenvalue weighted by Crippen LogP contribution is -2.12. The first-order valence-electron chi connectivity index (χ1n) is 2.51. The van der Waals surface area contributed by atoms with Crippen LogP contribution in [0.25, 0.3) is 0 Å². The maximum absolute atomic E-state index is 10.4. The summed E-state index contributed by atoms with van der Waals surface area (Å²) < 4.78 is 0. The average molecular weight is 159 g/mol. The number of carbonyl (C=O) groups is 1. The van der Waals surface area contributed by atoms with Crippen LogP contribution in [0, 0.1) is 0 Å². The van der Waals surface area contributed by atoms with Crippen molar-refractivity contribution < 1.29 is 4.79 Å². The fourth-order valence-electron chi connectivity index (χ4n) is 0.509. The van der Waals surface area contributed by atoms with Crippen LogP contribution in [0.4, 0.5) is 0 Å². The second kappa shape index (κ2) is 3.85. The third-order valence-electron chi connectivity index (χ3n) is 0.917. The lowest BCUT2D eigenvalue weighted by molar-refractivity contribution is 0.0995. The van der Waals surface area contributed by atoms with E-state index in [0.29, 0.717) is 5.69 Å². The van der Waals surface area contributed by atoms with Crippen molar-refractivity contribution in [2.24, 2.45) is 5.73 Å². The first-order valence-corrected chi connectivity index (χ1v) is 2.51. The highest BCUT2D eigenvalue weighted by atomic mass is 35.5. The number of amides is 1. The number of hydrogen-bond acceptors (Lipinski definition) is 2. The van der Waals surface area contributed by atoms with Gasteiger partial charge in [0.1, 0.15) is 5.69 Å². The van der Waals surface area contributed by atoms with E-state index in [-0.39, 0.29) is 12.4 Å². The molecule has 1 amide bonds. The molecule has 0 fully saturated rings. The van der Waals surface area contributed by atoms with Crippen molar-refractivity contribution >= 4 is 18.3 Å². The normalized spacial score (nSPS) is 8.00. The van der Waals surface area contributed by atoms with Gasteiger partial charge in [0, 0.05) is 6.20 Å². The molecule has 0 aliphatic carbocycles. The molecular weight excluding hydrogens is 152 g/mol. The zero-order valence-electron chi connectivity index (χ0n) is 5.15. The smallest absolute Gasteiger partial charge is 0.267 e. The number of nitrogens with zero attached hydrogens (tertiary/aromatic N) is 1. The molecule has 0 unspecified atom stereocenters. The highest BCUT2D eigenvalue weighted by Crippen LogP contribution is 1.88. The first-order chi connectivity index (χ1) is 4.30. The van der Waals surface area contributed by atoms with Crippen LogP contribution in [0.3, 0.4) is 0 Å². The van der Waals surface area contributed by atoms with Crippen molar-refractivity contribution in [3.05, 3.63) is 30.1 Å². The van der Waals surface area contributed by atoms with Crippen LogP contribution < -0.4 is 5.73 Å². The van der Waals surface area contributed by atoms with Gasteiger partial charge < -0.3 is 5.73 Å². The van der Waals surface area contributed by atoms with Crippen LogP contribution in [0.5, 0.6) is 0 Å². The van der Waals surface area contributed by atoms with E-state index in [1.165, 1.54) is 6.20 Å². The number of hydrogen-bond donors (Lipinski definition) is 1. The van der Waals surface area contributed by atoms with Crippen molar-refractivity contribution in [1.29, 1.82) is 0 Å². The Bertz CT molecular complexity index is 212. The molecule has 1 rings (SSSR count). The summed E-state index contributed by atoms with van der Waals surface area (Å²) in [7, 11) is 0. The molecule has 0 bridgehead atoms. The molecule has 0 saturated heterocycles. The number of halogens is 1. The summed E-state index contributed by atoms with van der Waals surface area (Å²) in [4.78, 5) is 14.1. The molecule has 54 valence electrons. The summed E-state index contributed by atoms with van der Waals surface area (Å²) in [6.45, 7) is 0. The van der Waals surface area contributed by atoms with Gasteiger partial charge in [-0.25, -0.2) is 0 Å². The van der Waals surface area contributed by atoms with Gasteiger partial charge in [0.05, 0.1) is 0 Å². The van der Waals surface area contributed by atoms with Gasteiger partial charge in [0.15, 0.2) is 0 Å². The molecule has 0 saturated carbocycles. The summed E-state index contributed by atoms with van der Waals surface area (Å²) in [5, 5.41) is 0. The molecule has 1 aromatic rings. The molecule has 4 heteroatoms. The fraction of sp³-hybridized carbons (Fsp3) is 0. The summed E-state index contributed by atoms with van der Waals surface area (Å²) in [5.74, 6) is -0.490. The Balaban J connectivity index is 0.000000810. The standard InChI is InChI=1S/C6H6N2O.ClH/c7-6(9)5-3-1-2-4-8-5;/h1-4H,(H2,7,9);1H. The molecule has 0 aromatic carbocycles. The lowest BCUT2D eigenvalue weighted by Gasteiger charge is -1.88. The van der Waals surface area contributed by atoms with Gasteiger partial charge in [-0.05, 0) is 12.1 Å². The minimum absolute atomic E-state index is 0. The largest absolute Gasteiger partial charge is 0.364 e. The Morgan fingerprint density at radius 3 is 2.50 bits per heavy atom. The Labute approximate surface area is 64.7 Å². The van der Waals surface area contributed by atoms with E-state index in [1.54, 1.807) is 18.2 Å². The third kappa shape index (κ3) is 2.03. The van der Waals surface area contributed by atoms with Gasteiger partial charge >= 0.3 is 0 Å². The molecule has 1 heterocycles. The topological polar surface area (TPSA) is 56.0 Å². The first kappa shape index (κ1) is 8.91. The quantitative estimate of drug-likeness (QED) is 0.651. The number of aromatic nitrogens is 1. The molecule has 10 heavy (non-hydrogen) atoms. The van der Waals surface area contributed by atoms with Crippen molar-refractivity contribution in [2.45, 2.75) is 0 Å². The minimum Gasteiger partial charge on any atom is -0.364 e. The number of nitrogens with two attached hydrogens (primary N) is 1. The van der Waals surface area contributed by atoms with E-state index in [2.05, 4.69) is 4.98 Å². The van der Waals surface area contributed by atoms with Crippen LogP contribution in [0.2, 0.25) is 0 Å². The van der Waals surface area contributed by atoms with E-state index in [4.69, 9.17) is 5.73 Å². The van der Waals surface area contributed by atoms with Gasteiger partial charge in [0.25, 0.3) is 5.91 Å². The van der Waals surface area contributed by atoms with Gasteiger partial charge in [-0.15, -0.1) is 12.4 Å². The molecule has 2 N–H and O–H groups in total. The SMILES string of the molecule is Cl.NC(=O)c1ccccn1. The van der Waals surface area contributed by atoms with E-state index in [9.17, 15) is 4.79 Å². The van der Waals surface area contributed by atoms with Crippen LogP contribution >= 0.6 is 12.4 Å². The van der Waals surface area contributed by atoms with Crippen molar-refractivity contribution in [1.82, 2.24) is 4.98 Å². The predicted molar refractivity (Wildman–Crippen MR) is 40.0 cm³/mol. The van der Waals surface area contributed by atoms with Crippen molar-refractivity contribution in [3.8, 4) is 0 Å². The third-order valence-corrected chi connectivity index (χ3v) is 0.917. The monoisotopic (exact) mass is 158 g/mol. The van der Waals surface area contributed by atoms with Gasteiger partial charge in [-0.1, -0.05) is 6.07 Å². The molecule has 0 spiro atoms. The fourth-order valence-corrected chi connectivity index (χ4v) is 0.509. The van der Waals surface area contributed by atoms with Crippen LogP contribution in [-0.2, 0) is 0 Å². The molecule has 0 aliphatic rings. The summed E-state index contributed by atoms with van der Waals surface area (Å²) >= 11 is 0. The summed E-state index contributed by atoms with van der Waals surface area (Å²) in [6, 6.07) is 5.02. The van der Waals surface area contributed by atoms with E-state index in [1.807, 2.05) is 0 Å². The van der Waals surface area contributed by atoms with Gasteiger partial charge in [-0.2, -0.15) is 0 Å². The second-order valence-electron chi connectivity index (χ2n) is 1.58. The van der Waals surface area contributed by atoms with Crippen LogP contribution in [-0.4, -0.2) is 10.9 Å². The maximum Gasteiger partial charge on any atom is 0.267 e. The van der Waals surface area contributed by atoms with Gasteiger partial charge in [-0.3, -0.25) is 9.78 Å². The van der Waals surface area contributed by atoms with Crippen molar-refractivity contribution in [2.75, 3.05) is 0 Å².